The lowest BCUT2D eigenvalue weighted by atomic mass is 9.90. The van der Waals surface area contributed by atoms with Crippen molar-refractivity contribution in [2.75, 3.05) is 25.5 Å². The van der Waals surface area contributed by atoms with Crippen molar-refractivity contribution in [3.05, 3.63) is 29.3 Å². The van der Waals surface area contributed by atoms with Crippen molar-refractivity contribution in [1.29, 1.82) is 5.26 Å². The Morgan fingerprint density at radius 2 is 1.72 bits per heavy atom. The second-order valence-electron chi connectivity index (χ2n) is 7.00. The summed E-state index contributed by atoms with van der Waals surface area (Å²) in [7, 11) is 1.70. The molecular formula is C19H28N4O2. The van der Waals surface area contributed by atoms with Crippen molar-refractivity contribution >= 4 is 17.5 Å². The third kappa shape index (κ3) is 5.87. The minimum atomic E-state index is -0.918. The van der Waals surface area contributed by atoms with Crippen molar-refractivity contribution in [3.63, 3.8) is 0 Å². The summed E-state index contributed by atoms with van der Waals surface area (Å²) >= 11 is 0. The highest BCUT2D eigenvalue weighted by atomic mass is 16.2. The van der Waals surface area contributed by atoms with E-state index in [1.165, 1.54) is 0 Å². The summed E-state index contributed by atoms with van der Waals surface area (Å²) in [4.78, 5) is 26.0. The van der Waals surface area contributed by atoms with E-state index < -0.39 is 5.54 Å². The lowest BCUT2D eigenvalue weighted by Gasteiger charge is -2.28. The normalized spacial score (nSPS) is 13.2. The summed E-state index contributed by atoms with van der Waals surface area (Å²) in [6.07, 6.45) is 0. The molecule has 0 saturated carbocycles. The van der Waals surface area contributed by atoms with Gasteiger partial charge >= 0.3 is 0 Å². The van der Waals surface area contributed by atoms with E-state index in [1.807, 2.05) is 45.9 Å². The third-order valence-corrected chi connectivity index (χ3v) is 4.36. The molecule has 0 fully saturated rings. The second-order valence-corrected chi connectivity index (χ2v) is 7.00. The molecule has 0 unspecified atom stereocenters. The maximum Gasteiger partial charge on any atom is 0.238 e. The van der Waals surface area contributed by atoms with Crippen LogP contribution in [0.15, 0.2) is 18.2 Å². The van der Waals surface area contributed by atoms with E-state index in [9.17, 15) is 14.9 Å². The Morgan fingerprint density at radius 3 is 2.20 bits per heavy atom. The maximum absolute atomic E-state index is 12.2. The van der Waals surface area contributed by atoms with Crippen LogP contribution < -0.4 is 10.6 Å². The van der Waals surface area contributed by atoms with E-state index in [4.69, 9.17) is 0 Å². The van der Waals surface area contributed by atoms with Crippen LogP contribution in [0.25, 0.3) is 0 Å². The number of amides is 2. The average Bonchev–Trinajstić information content (AvgIpc) is 2.50. The molecule has 0 radical (unpaired) electrons. The number of nitrogens with zero attached hydrogens (tertiary/aromatic N) is 2. The molecule has 0 heterocycles. The smallest absolute Gasteiger partial charge is 0.238 e. The SMILES string of the molecule is Cc1cccc(C)c1NC(=O)CN(C)CC(=O)N[C@@](C)(C#N)C(C)C. The van der Waals surface area contributed by atoms with Gasteiger partial charge in [0.05, 0.1) is 19.2 Å². The van der Waals surface area contributed by atoms with Crippen LogP contribution in [0.2, 0.25) is 0 Å². The molecule has 1 atom stereocenters. The van der Waals surface area contributed by atoms with Gasteiger partial charge in [-0.15, -0.1) is 0 Å². The van der Waals surface area contributed by atoms with Crippen molar-refractivity contribution in [2.45, 2.75) is 40.2 Å². The molecule has 1 aromatic carbocycles. The van der Waals surface area contributed by atoms with Gasteiger partial charge in [0.1, 0.15) is 5.54 Å². The van der Waals surface area contributed by atoms with Gasteiger partial charge in [-0.2, -0.15) is 5.26 Å². The molecule has 0 saturated heterocycles. The minimum absolute atomic E-state index is 0.0147. The number of anilines is 1. The van der Waals surface area contributed by atoms with Crippen LogP contribution in [0.5, 0.6) is 0 Å². The number of hydrogen-bond donors (Lipinski definition) is 2. The number of benzene rings is 1. The first-order valence-corrected chi connectivity index (χ1v) is 8.36. The molecule has 0 aliphatic heterocycles. The van der Waals surface area contributed by atoms with Gasteiger partial charge in [-0.05, 0) is 44.9 Å². The summed E-state index contributed by atoms with van der Waals surface area (Å²) in [5.74, 6) is -0.473. The van der Waals surface area contributed by atoms with Gasteiger partial charge in [-0.25, -0.2) is 0 Å². The van der Waals surface area contributed by atoms with Gasteiger partial charge in [0.15, 0.2) is 0 Å². The Bertz CT molecular complexity index is 658. The summed E-state index contributed by atoms with van der Waals surface area (Å²) in [6, 6.07) is 7.96. The van der Waals surface area contributed by atoms with E-state index >= 15 is 0 Å². The number of nitriles is 1. The Balaban J connectivity index is 2.59. The monoisotopic (exact) mass is 344 g/mol. The number of aryl methyl sites for hydroxylation is 2. The van der Waals surface area contributed by atoms with Crippen LogP contribution in [0.4, 0.5) is 5.69 Å². The summed E-state index contributed by atoms with van der Waals surface area (Å²) < 4.78 is 0. The molecule has 2 amide bonds. The van der Waals surface area contributed by atoms with E-state index in [0.29, 0.717) is 0 Å². The number of hydrogen-bond acceptors (Lipinski definition) is 4. The quantitative estimate of drug-likeness (QED) is 0.794. The number of para-hydroxylation sites is 1. The van der Waals surface area contributed by atoms with E-state index in [-0.39, 0.29) is 30.8 Å². The molecule has 0 aromatic heterocycles. The van der Waals surface area contributed by atoms with Gasteiger partial charge in [0.25, 0.3) is 0 Å². The van der Waals surface area contributed by atoms with Crippen LogP contribution >= 0.6 is 0 Å². The Morgan fingerprint density at radius 1 is 1.20 bits per heavy atom. The van der Waals surface area contributed by atoms with Crippen molar-refractivity contribution in [2.24, 2.45) is 5.92 Å². The van der Waals surface area contributed by atoms with Gasteiger partial charge in [-0.1, -0.05) is 32.0 Å². The largest absolute Gasteiger partial charge is 0.337 e. The number of carbonyl (C=O) groups excluding carboxylic acids is 2. The van der Waals surface area contributed by atoms with Gasteiger partial charge < -0.3 is 10.6 Å². The number of rotatable bonds is 7. The topological polar surface area (TPSA) is 85.2 Å². The molecule has 25 heavy (non-hydrogen) atoms. The molecule has 136 valence electrons. The molecule has 6 nitrogen and oxygen atoms in total. The van der Waals surface area contributed by atoms with Crippen LogP contribution in [-0.2, 0) is 9.59 Å². The zero-order valence-corrected chi connectivity index (χ0v) is 15.9. The first-order valence-electron chi connectivity index (χ1n) is 8.36. The molecule has 0 spiro atoms. The van der Waals surface area contributed by atoms with Gasteiger partial charge in [0, 0.05) is 5.69 Å². The lowest BCUT2D eigenvalue weighted by molar-refractivity contribution is -0.124. The highest BCUT2D eigenvalue weighted by Crippen LogP contribution is 2.19. The van der Waals surface area contributed by atoms with Crippen LogP contribution in [0.3, 0.4) is 0 Å². The first-order chi connectivity index (χ1) is 11.6. The molecule has 6 heteroatoms. The fraction of sp³-hybridized carbons (Fsp3) is 0.526. The molecule has 2 N–H and O–H groups in total. The van der Waals surface area contributed by atoms with Crippen LogP contribution in [0, 0.1) is 31.1 Å². The zero-order valence-electron chi connectivity index (χ0n) is 15.9. The predicted octanol–water partition coefficient (Wildman–Crippen LogP) is 2.23. The molecule has 1 rings (SSSR count). The van der Waals surface area contributed by atoms with Gasteiger partial charge in [0.2, 0.25) is 11.8 Å². The van der Waals surface area contributed by atoms with Crippen molar-refractivity contribution in [1.82, 2.24) is 10.2 Å². The molecule has 0 aliphatic rings. The first kappa shape index (κ1) is 20.7. The minimum Gasteiger partial charge on any atom is -0.337 e. The highest BCUT2D eigenvalue weighted by Gasteiger charge is 2.30. The Hall–Kier alpha value is -2.39. The Labute approximate surface area is 150 Å². The number of nitrogens with one attached hydrogen (secondary N) is 2. The molecule has 0 aliphatic carbocycles. The van der Waals surface area contributed by atoms with Crippen LogP contribution in [0.1, 0.15) is 31.9 Å². The zero-order chi connectivity index (χ0) is 19.2. The summed E-state index contributed by atoms with van der Waals surface area (Å²) in [6.45, 7) is 9.47. The average molecular weight is 344 g/mol. The molecule has 1 aromatic rings. The lowest BCUT2D eigenvalue weighted by Crippen LogP contribution is -2.51. The maximum atomic E-state index is 12.2. The summed E-state index contributed by atoms with van der Waals surface area (Å²) in [5, 5.41) is 14.9. The third-order valence-electron chi connectivity index (χ3n) is 4.36. The summed E-state index contributed by atoms with van der Waals surface area (Å²) in [5.41, 5.74) is 1.88. The van der Waals surface area contributed by atoms with E-state index in [1.54, 1.807) is 18.9 Å². The number of likely N-dealkylation sites (N-methyl/N-ethyl adjacent to an activating group) is 1. The predicted molar refractivity (Wildman–Crippen MR) is 99.0 cm³/mol. The van der Waals surface area contributed by atoms with Crippen molar-refractivity contribution in [3.8, 4) is 6.07 Å². The standard InChI is InChI=1S/C19H28N4O2/c1-13(2)19(5,12-20)22-17(25)11-23(6)10-16(24)21-18-14(3)8-7-9-15(18)4/h7-9,13H,10-11H2,1-6H3,(H,21,24)(H,22,25)/t19-/m0/s1. The van der Waals surface area contributed by atoms with Crippen LogP contribution in [-0.4, -0.2) is 42.4 Å². The van der Waals surface area contributed by atoms with Crippen molar-refractivity contribution < 1.29 is 9.59 Å². The highest BCUT2D eigenvalue weighted by molar-refractivity contribution is 5.94. The van der Waals surface area contributed by atoms with E-state index in [2.05, 4.69) is 16.7 Å². The van der Waals surface area contributed by atoms with Gasteiger partial charge in [-0.3, -0.25) is 14.5 Å². The van der Waals surface area contributed by atoms with E-state index in [0.717, 1.165) is 16.8 Å². The molecule has 0 bridgehead atoms. The fourth-order valence-corrected chi connectivity index (χ4v) is 2.37. The Kier molecular flexibility index (Phi) is 7.13. The fourth-order valence-electron chi connectivity index (χ4n) is 2.37. The second kappa shape index (κ2) is 8.63. The number of carbonyl (C=O) groups is 2. The molecular weight excluding hydrogens is 316 g/mol.